The Bertz CT molecular complexity index is 590. The average Bonchev–Trinajstić information content (AvgIpc) is 2.77. The first-order valence-electron chi connectivity index (χ1n) is 5.37. The van der Waals surface area contributed by atoms with E-state index in [4.69, 9.17) is 5.73 Å². The fourth-order valence-corrected chi connectivity index (χ4v) is 3.05. The van der Waals surface area contributed by atoms with Crippen molar-refractivity contribution in [3.8, 4) is 0 Å². The van der Waals surface area contributed by atoms with Crippen LogP contribution in [0.1, 0.15) is 6.92 Å². The monoisotopic (exact) mass is 298 g/mol. The number of benzene rings is 1. The summed E-state index contributed by atoms with van der Waals surface area (Å²) in [6.07, 6.45) is 0. The van der Waals surface area contributed by atoms with Crippen LogP contribution < -0.4 is 11.1 Å². The van der Waals surface area contributed by atoms with Gasteiger partial charge in [-0.25, -0.2) is 4.39 Å². The van der Waals surface area contributed by atoms with E-state index in [1.807, 2.05) is 0 Å². The third-order valence-corrected chi connectivity index (χ3v) is 4.14. The number of nitrogens with one attached hydrogen (secondary N) is 1. The van der Waals surface area contributed by atoms with E-state index in [-0.39, 0.29) is 11.6 Å². The number of hydrogen-bond donors (Lipinski definition) is 2. The molecule has 1 amide bonds. The lowest BCUT2D eigenvalue weighted by atomic mass is 10.3. The third kappa shape index (κ3) is 3.65. The van der Waals surface area contributed by atoms with Gasteiger partial charge < -0.3 is 11.1 Å². The van der Waals surface area contributed by atoms with E-state index in [1.54, 1.807) is 19.1 Å². The Balaban J connectivity index is 1.98. The summed E-state index contributed by atoms with van der Waals surface area (Å²) in [4.78, 5) is 11.9. The number of halogens is 1. The van der Waals surface area contributed by atoms with Gasteiger partial charge in [0.25, 0.3) is 0 Å². The Morgan fingerprint density at radius 2 is 2.21 bits per heavy atom. The maximum Gasteiger partial charge on any atom is 0.237 e. The molecule has 19 heavy (non-hydrogen) atoms. The van der Waals surface area contributed by atoms with E-state index in [1.165, 1.54) is 35.2 Å². The highest BCUT2D eigenvalue weighted by Crippen LogP contribution is 2.28. The van der Waals surface area contributed by atoms with Gasteiger partial charge in [-0.3, -0.25) is 4.79 Å². The van der Waals surface area contributed by atoms with Crippen molar-refractivity contribution in [2.24, 2.45) is 0 Å². The summed E-state index contributed by atoms with van der Waals surface area (Å²) < 4.78 is 14.0. The zero-order chi connectivity index (χ0) is 13.8. The maximum absolute atomic E-state index is 13.4. The fourth-order valence-electron chi connectivity index (χ4n) is 1.27. The fraction of sp³-hybridized carbons (Fsp3) is 0.182. The molecule has 0 saturated carbocycles. The molecule has 5 nitrogen and oxygen atoms in total. The number of amides is 1. The molecule has 1 heterocycles. The van der Waals surface area contributed by atoms with Crippen LogP contribution in [0.3, 0.4) is 0 Å². The predicted molar refractivity (Wildman–Crippen MR) is 74.7 cm³/mol. The van der Waals surface area contributed by atoms with Gasteiger partial charge in [0.2, 0.25) is 11.0 Å². The second-order valence-electron chi connectivity index (χ2n) is 3.64. The van der Waals surface area contributed by atoms with E-state index in [0.717, 1.165) is 0 Å². The average molecular weight is 298 g/mol. The number of hydrogen-bond acceptors (Lipinski definition) is 6. The van der Waals surface area contributed by atoms with Crippen LogP contribution in [0.15, 0.2) is 28.6 Å². The van der Waals surface area contributed by atoms with E-state index in [9.17, 15) is 9.18 Å². The van der Waals surface area contributed by atoms with Crippen molar-refractivity contribution >= 4 is 39.8 Å². The van der Waals surface area contributed by atoms with Gasteiger partial charge in [0.15, 0.2) is 4.34 Å². The number of rotatable bonds is 4. The number of nitrogen functional groups attached to an aromatic ring is 1. The van der Waals surface area contributed by atoms with Gasteiger partial charge >= 0.3 is 0 Å². The molecule has 1 aromatic heterocycles. The summed E-state index contributed by atoms with van der Waals surface area (Å²) in [6, 6.07) is 6.02. The van der Waals surface area contributed by atoms with Crippen LogP contribution in [-0.2, 0) is 4.79 Å². The third-order valence-electron chi connectivity index (χ3n) is 2.20. The zero-order valence-corrected chi connectivity index (χ0v) is 11.6. The zero-order valence-electron chi connectivity index (χ0n) is 9.96. The van der Waals surface area contributed by atoms with Gasteiger partial charge in [-0.1, -0.05) is 35.2 Å². The summed E-state index contributed by atoms with van der Waals surface area (Å²) in [7, 11) is 0. The molecule has 1 unspecified atom stereocenters. The number of carbonyl (C=O) groups excluding carboxylic acids is 1. The number of carbonyl (C=O) groups is 1. The molecule has 0 spiro atoms. The van der Waals surface area contributed by atoms with E-state index < -0.39 is 11.1 Å². The van der Waals surface area contributed by atoms with Gasteiger partial charge in [-0.05, 0) is 19.1 Å². The molecule has 0 fully saturated rings. The minimum Gasteiger partial charge on any atom is -0.374 e. The Morgan fingerprint density at radius 1 is 1.47 bits per heavy atom. The molecule has 0 radical (unpaired) electrons. The Morgan fingerprint density at radius 3 is 2.84 bits per heavy atom. The number of para-hydroxylation sites is 1. The lowest BCUT2D eigenvalue weighted by molar-refractivity contribution is -0.115. The Labute approximate surface area is 117 Å². The van der Waals surface area contributed by atoms with Crippen LogP contribution in [-0.4, -0.2) is 21.4 Å². The van der Waals surface area contributed by atoms with Crippen molar-refractivity contribution in [1.29, 1.82) is 0 Å². The predicted octanol–water partition coefficient (Wildman–Crippen LogP) is 2.38. The molecule has 0 aliphatic heterocycles. The van der Waals surface area contributed by atoms with E-state index in [2.05, 4.69) is 15.5 Å². The topological polar surface area (TPSA) is 80.9 Å². The Kier molecular flexibility index (Phi) is 4.33. The van der Waals surface area contributed by atoms with E-state index in [0.29, 0.717) is 9.47 Å². The molecule has 2 rings (SSSR count). The lowest BCUT2D eigenvalue weighted by Crippen LogP contribution is -2.22. The standard InChI is InChI=1S/C11H11FN4OS2/c1-6(18-11-16-15-10(13)19-11)9(17)14-8-5-3-2-4-7(8)12/h2-6H,1H3,(H2,13,15)(H,14,17). The van der Waals surface area contributed by atoms with Crippen molar-refractivity contribution in [3.05, 3.63) is 30.1 Å². The molecule has 100 valence electrons. The molecule has 8 heteroatoms. The van der Waals surface area contributed by atoms with Gasteiger partial charge in [0.1, 0.15) is 5.82 Å². The highest BCUT2D eigenvalue weighted by Gasteiger charge is 2.17. The van der Waals surface area contributed by atoms with Crippen LogP contribution in [0.4, 0.5) is 15.2 Å². The van der Waals surface area contributed by atoms with Crippen molar-refractivity contribution < 1.29 is 9.18 Å². The highest BCUT2D eigenvalue weighted by atomic mass is 32.2. The van der Waals surface area contributed by atoms with Crippen LogP contribution in [0.2, 0.25) is 0 Å². The first-order chi connectivity index (χ1) is 9.06. The molecule has 1 atom stereocenters. The lowest BCUT2D eigenvalue weighted by Gasteiger charge is -2.10. The first-order valence-corrected chi connectivity index (χ1v) is 7.07. The SMILES string of the molecule is CC(Sc1nnc(N)s1)C(=O)Nc1ccccc1F. The highest BCUT2D eigenvalue weighted by molar-refractivity contribution is 8.02. The second-order valence-corrected chi connectivity index (χ2v) is 6.23. The number of nitrogens with two attached hydrogens (primary N) is 1. The Hall–Kier alpha value is -1.67. The quantitative estimate of drug-likeness (QED) is 0.847. The van der Waals surface area contributed by atoms with Crippen LogP contribution in [0, 0.1) is 5.82 Å². The summed E-state index contributed by atoms with van der Waals surface area (Å²) in [5, 5.41) is 9.93. The number of thioether (sulfide) groups is 1. The second kappa shape index (κ2) is 5.98. The minimum absolute atomic E-state index is 0.164. The molecular weight excluding hydrogens is 287 g/mol. The number of nitrogens with zero attached hydrogens (tertiary/aromatic N) is 2. The number of anilines is 2. The molecule has 1 aromatic carbocycles. The summed E-state index contributed by atoms with van der Waals surface area (Å²) >= 11 is 2.44. The van der Waals surface area contributed by atoms with Crippen molar-refractivity contribution in [3.63, 3.8) is 0 Å². The van der Waals surface area contributed by atoms with Crippen LogP contribution in [0.5, 0.6) is 0 Å². The van der Waals surface area contributed by atoms with Gasteiger partial charge in [-0.15, -0.1) is 10.2 Å². The number of aromatic nitrogens is 2. The molecule has 0 aliphatic carbocycles. The summed E-state index contributed by atoms with van der Waals surface area (Å²) in [5.41, 5.74) is 5.62. The molecule has 3 N–H and O–H groups in total. The molecule has 0 aliphatic rings. The maximum atomic E-state index is 13.4. The van der Waals surface area contributed by atoms with Gasteiger partial charge in [-0.2, -0.15) is 0 Å². The molecule has 0 saturated heterocycles. The normalized spacial score (nSPS) is 12.1. The summed E-state index contributed by atoms with van der Waals surface area (Å²) in [6.45, 7) is 1.71. The van der Waals surface area contributed by atoms with Crippen LogP contribution in [0.25, 0.3) is 0 Å². The first kappa shape index (κ1) is 13.8. The van der Waals surface area contributed by atoms with E-state index >= 15 is 0 Å². The van der Waals surface area contributed by atoms with Gasteiger partial charge in [0, 0.05) is 0 Å². The molecule has 2 aromatic rings. The van der Waals surface area contributed by atoms with Crippen molar-refractivity contribution in [2.45, 2.75) is 16.5 Å². The largest absolute Gasteiger partial charge is 0.374 e. The summed E-state index contributed by atoms with van der Waals surface area (Å²) in [5.74, 6) is -0.767. The van der Waals surface area contributed by atoms with Crippen molar-refractivity contribution in [1.82, 2.24) is 10.2 Å². The van der Waals surface area contributed by atoms with Crippen LogP contribution >= 0.6 is 23.1 Å². The van der Waals surface area contributed by atoms with Crippen molar-refractivity contribution in [2.75, 3.05) is 11.1 Å². The smallest absolute Gasteiger partial charge is 0.237 e. The molecule has 0 bridgehead atoms. The molecular formula is C11H11FN4OS2. The van der Waals surface area contributed by atoms with Gasteiger partial charge in [0.05, 0.1) is 10.9 Å². The minimum atomic E-state index is -0.465.